The number of thioether (sulfide) groups is 1. The van der Waals surface area contributed by atoms with Crippen LogP contribution in [0.4, 0.5) is 5.13 Å². The van der Waals surface area contributed by atoms with Crippen LogP contribution >= 0.6 is 34.4 Å². The SMILES string of the molecule is CSc1nc2ccc3nc(NC(=O)CN4C(=O)c5ccccc5C4=O)sc3c2s1. The summed E-state index contributed by atoms with van der Waals surface area (Å²) in [7, 11) is 0. The molecule has 0 atom stereocenters. The van der Waals surface area contributed by atoms with Gasteiger partial charge in [0.2, 0.25) is 5.91 Å². The van der Waals surface area contributed by atoms with Crippen LogP contribution in [0.15, 0.2) is 40.7 Å². The predicted molar refractivity (Wildman–Crippen MR) is 115 cm³/mol. The first-order chi connectivity index (χ1) is 14.0. The fourth-order valence-corrected chi connectivity index (χ4v) is 5.85. The molecule has 3 heterocycles. The van der Waals surface area contributed by atoms with Crippen molar-refractivity contribution in [2.75, 3.05) is 18.1 Å². The number of carbonyl (C=O) groups is 3. The van der Waals surface area contributed by atoms with E-state index in [1.54, 1.807) is 47.4 Å². The highest BCUT2D eigenvalue weighted by molar-refractivity contribution is 8.00. The minimum Gasteiger partial charge on any atom is -0.300 e. The number of rotatable bonds is 4. The second kappa shape index (κ2) is 6.90. The topological polar surface area (TPSA) is 92.3 Å². The maximum Gasteiger partial charge on any atom is 0.262 e. The number of imide groups is 1. The zero-order chi connectivity index (χ0) is 20.1. The van der Waals surface area contributed by atoms with Crippen molar-refractivity contribution in [2.45, 2.75) is 4.34 Å². The van der Waals surface area contributed by atoms with Gasteiger partial charge in [-0.05, 0) is 30.5 Å². The van der Waals surface area contributed by atoms with E-state index in [1.807, 2.05) is 18.4 Å². The van der Waals surface area contributed by atoms with Crippen LogP contribution in [0.1, 0.15) is 20.7 Å². The molecule has 4 aromatic rings. The average molecular weight is 441 g/mol. The molecule has 2 aromatic carbocycles. The Kier molecular flexibility index (Phi) is 4.34. The van der Waals surface area contributed by atoms with Crippen LogP contribution in [0.5, 0.6) is 0 Å². The standard InChI is InChI=1S/C19H12N4O3S3/c1-27-19-21-12-7-6-11-14(15(12)29-19)28-18(20-11)22-13(24)8-23-16(25)9-4-2-3-5-10(9)17(23)26/h2-7H,8H2,1H3,(H,20,22,24). The molecule has 0 spiro atoms. The van der Waals surface area contributed by atoms with Crippen molar-refractivity contribution in [3.8, 4) is 0 Å². The van der Waals surface area contributed by atoms with Crippen molar-refractivity contribution in [3.63, 3.8) is 0 Å². The second-order valence-electron chi connectivity index (χ2n) is 6.26. The van der Waals surface area contributed by atoms with E-state index in [4.69, 9.17) is 0 Å². The molecular formula is C19H12N4O3S3. The number of thiazole rings is 2. The van der Waals surface area contributed by atoms with Crippen LogP contribution in [0.25, 0.3) is 20.4 Å². The van der Waals surface area contributed by atoms with Crippen LogP contribution in [-0.4, -0.2) is 45.4 Å². The van der Waals surface area contributed by atoms with Crippen LogP contribution in [0.2, 0.25) is 0 Å². The van der Waals surface area contributed by atoms with E-state index < -0.39 is 17.7 Å². The third-order valence-corrected chi connectivity index (χ3v) is 7.70. The molecule has 1 aliphatic rings. The Hall–Kier alpha value is -2.82. The van der Waals surface area contributed by atoms with Crippen molar-refractivity contribution in [1.82, 2.24) is 14.9 Å². The first kappa shape index (κ1) is 18.2. The van der Waals surface area contributed by atoms with Gasteiger partial charge in [-0.15, -0.1) is 11.3 Å². The molecule has 0 saturated carbocycles. The molecular weight excluding hydrogens is 428 g/mol. The van der Waals surface area contributed by atoms with Gasteiger partial charge in [-0.3, -0.25) is 19.3 Å². The number of hydrogen-bond acceptors (Lipinski definition) is 8. The van der Waals surface area contributed by atoms with E-state index in [2.05, 4.69) is 15.3 Å². The summed E-state index contributed by atoms with van der Waals surface area (Å²) >= 11 is 4.53. The van der Waals surface area contributed by atoms with Gasteiger partial charge in [-0.1, -0.05) is 35.2 Å². The normalized spacial score (nSPS) is 13.5. The van der Waals surface area contributed by atoms with E-state index in [9.17, 15) is 14.4 Å². The quantitative estimate of drug-likeness (QED) is 0.383. The maximum atomic E-state index is 12.5. The highest BCUT2D eigenvalue weighted by Gasteiger charge is 2.36. The van der Waals surface area contributed by atoms with E-state index in [-0.39, 0.29) is 6.54 Å². The molecule has 0 radical (unpaired) electrons. The first-order valence-electron chi connectivity index (χ1n) is 8.54. The molecule has 1 aliphatic heterocycles. The van der Waals surface area contributed by atoms with Crippen molar-refractivity contribution in [3.05, 3.63) is 47.5 Å². The molecule has 0 saturated heterocycles. The number of hydrogen-bond donors (Lipinski definition) is 1. The lowest BCUT2D eigenvalue weighted by atomic mass is 10.1. The minimum atomic E-state index is -0.469. The number of benzene rings is 2. The number of nitrogens with one attached hydrogen (secondary N) is 1. The molecule has 7 nitrogen and oxygen atoms in total. The molecule has 29 heavy (non-hydrogen) atoms. The Labute approximate surface area is 176 Å². The molecule has 0 fully saturated rings. The van der Waals surface area contributed by atoms with E-state index in [0.29, 0.717) is 16.3 Å². The van der Waals surface area contributed by atoms with Crippen molar-refractivity contribution < 1.29 is 14.4 Å². The number of anilines is 1. The summed E-state index contributed by atoms with van der Waals surface area (Å²) in [5.74, 6) is -1.38. The number of nitrogens with zero attached hydrogens (tertiary/aromatic N) is 3. The highest BCUT2D eigenvalue weighted by atomic mass is 32.2. The number of carbonyl (C=O) groups excluding carboxylic acids is 3. The number of amides is 3. The van der Waals surface area contributed by atoms with Gasteiger partial charge in [0.05, 0.1) is 31.6 Å². The van der Waals surface area contributed by atoms with E-state index in [1.165, 1.54) is 11.3 Å². The fourth-order valence-electron chi connectivity index (χ4n) is 3.18. The molecule has 3 amide bonds. The van der Waals surface area contributed by atoms with Gasteiger partial charge in [-0.2, -0.15) is 0 Å². The van der Waals surface area contributed by atoms with Crippen LogP contribution in [0.3, 0.4) is 0 Å². The Balaban J connectivity index is 1.38. The number of aromatic nitrogens is 2. The van der Waals surface area contributed by atoms with Gasteiger partial charge in [0.15, 0.2) is 9.47 Å². The van der Waals surface area contributed by atoms with Gasteiger partial charge in [-0.25, -0.2) is 9.97 Å². The summed E-state index contributed by atoms with van der Waals surface area (Å²) in [4.78, 5) is 47.3. The van der Waals surface area contributed by atoms with E-state index in [0.717, 1.165) is 29.7 Å². The molecule has 144 valence electrons. The molecule has 0 bridgehead atoms. The van der Waals surface area contributed by atoms with Crippen LogP contribution < -0.4 is 5.32 Å². The summed E-state index contributed by atoms with van der Waals surface area (Å²) in [6.45, 7) is -0.352. The van der Waals surface area contributed by atoms with Gasteiger partial charge in [0.25, 0.3) is 11.8 Å². The van der Waals surface area contributed by atoms with Crippen molar-refractivity contribution in [2.24, 2.45) is 0 Å². The maximum absolute atomic E-state index is 12.5. The van der Waals surface area contributed by atoms with Crippen LogP contribution in [0, 0.1) is 0 Å². The Morgan fingerprint density at radius 2 is 1.62 bits per heavy atom. The molecule has 2 aromatic heterocycles. The van der Waals surface area contributed by atoms with Crippen molar-refractivity contribution in [1.29, 1.82) is 0 Å². The third-order valence-electron chi connectivity index (χ3n) is 4.49. The second-order valence-corrected chi connectivity index (χ2v) is 9.31. The van der Waals surface area contributed by atoms with Gasteiger partial charge in [0, 0.05) is 0 Å². The van der Waals surface area contributed by atoms with E-state index >= 15 is 0 Å². The molecule has 10 heteroatoms. The molecule has 0 aliphatic carbocycles. The third kappa shape index (κ3) is 3.00. The largest absolute Gasteiger partial charge is 0.300 e. The lowest BCUT2D eigenvalue weighted by molar-refractivity contribution is -0.116. The lowest BCUT2D eigenvalue weighted by Crippen LogP contribution is -2.37. The minimum absolute atomic E-state index is 0.322. The summed E-state index contributed by atoms with van der Waals surface area (Å²) in [6, 6.07) is 10.3. The zero-order valence-electron chi connectivity index (χ0n) is 15.0. The lowest BCUT2D eigenvalue weighted by Gasteiger charge is -2.12. The summed E-state index contributed by atoms with van der Waals surface area (Å²) in [5, 5.41) is 3.14. The molecule has 0 unspecified atom stereocenters. The van der Waals surface area contributed by atoms with Gasteiger partial charge >= 0.3 is 0 Å². The average Bonchev–Trinajstić information content (AvgIpc) is 3.39. The van der Waals surface area contributed by atoms with Gasteiger partial charge < -0.3 is 5.32 Å². The zero-order valence-corrected chi connectivity index (χ0v) is 17.4. The first-order valence-corrected chi connectivity index (χ1v) is 11.4. The Bertz CT molecular complexity index is 1290. The van der Waals surface area contributed by atoms with Crippen molar-refractivity contribution >= 4 is 77.7 Å². The van der Waals surface area contributed by atoms with Gasteiger partial charge in [0.1, 0.15) is 6.54 Å². The summed E-state index contributed by atoms with van der Waals surface area (Å²) in [6.07, 6.45) is 1.98. The molecule has 5 rings (SSSR count). The summed E-state index contributed by atoms with van der Waals surface area (Å²) in [5.41, 5.74) is 2.32. The fraction of sp³-hybridized carbons (Fsp3) is 0.105. The predicted octanol–water partition coefficient (Wildman–Crippen LogP) is 3.86. The molecule has 1 N–H and O–H groups in total. The van der Waals surface area contributed by atoms with Crippen LogP contribution in [-0.2, 0) is 4.79 Å². The smallest absolute Gasteiger partial charge is 0.262 e. The monoisotopic (exact) mass is 440 g/mol. The Morgan fingerprint density at radius 1 is 1.00 bits per heavy atom. The highest BCUT2D eigenvalue weighted by Crippen LogP contribution is 2.38. The summed E-state index contributed by atoms with van der Waals surface area (Å²) < 4.78 is 2.96. The Morgan fingerprint density at radius 3 is 2.28 bits per heavy atom. The number of fused-ring (bicyclic) bond motifs is 4.